The first kappa shape index (κ1) is 14.9. The fourth-order valence-corrected chi connectivity index (χ4v) is 2.96. The minimum atomic E-state index is -2.55. The summed E-state index contributed by atoms with van der Waals surface area (Å²) in [5.74, 6) is 0.254. The summed E-state index contributed by atoms with van der Waals surface area (Å²) < 4.78 is 29.1. The van der Waals surface area contributed by atoms with Gasteiger partial charge in [-0.1, -0.05) is 0 Å². The van der Waals surface area contributed by atoms with Crippen molar-refractivity contribution in [3.63, 3.8) is 0 Å². The topological polar surface area (TPSA) is 51.2 Å². The van der Waals surface area contributed by atoms with Crippen LogP contribution >= 0.6 is 11.3 Å². The third-order valence-corrected chi connectivity index (χ3v) is 4.12. The number of halogens is 2. The van der Waals surface area contributed by atoms with Crippen LogP contribution in [0.25, 0.3) is 0 Å². The van der Waals surface area contributed by atoms with Crippen LogP contribution in [-0.4, -0.2) is 30.0 Å². The Morgan fingerprint density at radius 3 is 3.09 bits per heavy atom. The molecule has 0 aromatic carbocycles. The Morgan fingerprint density at radius 1 is 1.50 bits per heavy atom. The van der Waals surface area contributed by atoms with Crippen LogP contribution in [0, 0.1) is 0 Å². The summed E-state index contributed by atoms with van der Waals surface area (Å²) in [6.07, 6.45) is -0.272. The number of nitrogens with zero attached hydrogens (tertiary/aromatic N) is 1. The summed E-state index contributed by atoms with van der Waals surface area (Å²) in [4.78, 5) is 16.1. The lowest BCUT2D eigenvalue weighted by Gasteiger charge is -2.07. The van der Waals surface area contributed by atoms with E-state index < -0.39 is 13.0 Å². The van der Waals surface area contributed by atoms with Gasteiger partial charge >= 0.3 is 0 Å². The number of aromatic nitrogens is 1. The predicted octanol–water partition coefficient (Wildman–Crippen LogP) is 3.07. The number of rotatable bonds is 6. The molecule has 2 heterocycles. The van der Waals surface area contributed by atoms with Gasteiger partial charge in [0.2, 0.25) is 0 Å². The zero-order valence-electron chi connectivity index (χ0n) is 11.5. The van der Waals surface area contributed by atoms with Crippen LogP contribution in [0.4, 0.5) is 8.78 Å². The van der Waals surface area contributed by atoms with Crippen LogP contribution in [0.5, 0.6) is 5.75 Å². The first-order chi connectivity index (χ1) is 10.6. The Labute approximate surface area is 130 Å². The first-order valence-electron chi connectivity index (χ1n) is 6.83. The van der Waals surface area contributed by atoms with Gasteiger partial charge in [-0.15, -0.1) is 0 Å². The molecule has 1 saturated carbocycles. The third kappa shape index (κ3) is 3.59. The molecule has 1 amide bonds. The highest BCUT2D eigenvalue weighted by atomic mass is 32.1. The molecule has 2 aromatic rings. The highest BCUT2D eigenvalue weighted by molar-refractivity contribution is 7.08. The fraction of sp³-hybridized carbons (Fsp3) is 0.333. The number of carbonyl (C=O) groups excluding carboxylic acids is 1. The standard InChI is InChI=1S/C15H14F2N2O2S/c16-14(17)7-21-10-1-3-18-13(5-10)15(20)19-12-6-11(12)9-2-4-22-8-9/h1-5,8,11-12,14H,6-7H2,(H,19,20)/t11-,12+/m0/s1. The quantitative estimate of drug-likeness (QED) is 0.888. The summed E-state index contributed by atoms with van der Waals surface area (Å²) in [6, 6.07) is 4.98. The summed E-state index contributed by atoms with van der Waals surface area (Å²) in [6.45, 7) is -0.700. The van der Waals surface area contributed by atoms with E-state index in [4.69, 9.17) is 4.74 Å². The molecular formula is C15H14F2N2O2S. The van der Waals surface area contributed by atoms with Gasteiger partial charge in [-0.2, -0.15) is 11.3 Å². The number of ether oxygens (including phenoxy) is 1. The highest BCUT2D eigenvalue weighted by Crippen LogP contribution is 2.41. The van der Waals surface area contributed by atoms with Gasteiger partial charge in [-0.05, 0) is 34.9 Å². The third-order valence-electron chi connectivity index (χ3n) is 3.42. The van der Waals surface area contributed by atoms with Crippen molar-refractivity contribution in [3.05, 3.63) is 46.4 Å². The Hall–Kier alpha value is -2.02. The van der Waals surface area contributed by atoms with E-state index in [1.54, 1.807) is 11.3 Å². The van der Waals surface area contributed by atoms with Gasteiger partial charge in [0.25, 0.3) is 12.3 Å². The van der Waals surface area contributed by atoms with E-state index in [0.29, 0.717) is 5.92 Å². The van der Waals surface area contributed by atoms with Crippen molar-refractivity contribution in [2.24, 2.45) is 0 Å². The molecule has 1 N–H and O–H groups in total. The van der Waals surface area contributed by atoms with Crippen LogP contribution in [0.1, 0.15) is 28.4 Å². The van der Waals surface area contributed by atoms with Crippen molar-refractivity contribution in [1.82, 2.24) is 10.3 Å². The molecule has 2 atom stereocenters. The summed E-state index contributed by atoms with van der Waals surface area (Å²) >= 11 is 1.63. The van der Waals surface area contributed by atoms with Crippen LogP contribution < -0.4 is 10.1 Å². The molecule has 0 aliphatic heterocycles. The zero-order valence-corrected chi connectivity index (χ0v) is 12.4. The Morgan fingerprint density at radius 2 is 2.36 bits per heavy atom. The molecule has 0 radical (unpaired) electrons. The van der Waals surface area contributed by atoms with E-state index in [0.717, 1.165) is 6.42 Å². The van der Waals surface area contributed by atoms with Gasteiger partial charge in [0.05, 0.1) is 0 Å². The van der Waals surface area contributed by atoms with Crippen LogP contribution in [0.15, 0.2) is 35.2 Å². The molecule has 1 aliphatic rings. The molecule has 0 saturated heterocycles. The Balaban J connectivity index is 1.57. The van der Waals surface area contributed by atoms with Crippen molar-refractivity contribution in [1.29, 1.82) is 0 Å². The molecule has 7 heteroatoms. The second-order valence-corrected chi connectivity index (χ2v) is 5.84. The van der Waals surface area contributed by atoms with Crippen molar-refractivity contribution in [2.75, 3.05) is 6.61 Å². The highest BCUT2D eigenvalue weighted by Gasteiger charge is 2.39. The molecule has 116 valence electrons. The number of hydrogen-bond acceptors (Lipinski definition) is 4. The van der Waals surface area contributed by atoms with E-state index in [9.17, 15) is 13.6 Å². The fourth-order valence-electron chi connectivity index (χ4n) is 2.24. The smallest absolute Gasteiger partial charge is 0.272 e. The second-order valence-electron chi connectivity index (χ2n) is 5.06. The number of nitrogens with one attached hydrogen (secondary N) is 1. The lowest BCUT2D eigenvalue weighted by Crippen LogP contribution is -2.27. The number of hydrogen-bond donors (Lipinski definition) is 1. The molecule has 22 heavy (non-hydrogen) atoms. The molecule has 1 fully saturated rings. The summed E-state index contributed by atoms with van der Waals surface area (Å²) in [5, 5.41) is 6.99. The largest absolute Gasteiger partial charge is 0.488 e. The average molecular weight is 324 g/mol. The van der Waals surface area contributed by atoms with Crippen LogP contribution in [0.2, 0.25) is 0 Å². The maximum atomic E-state index is 12.1. The van der Waals surface area contributed by atoms with Crippen molar-refractivity contribution < 1.29 is 18.3 Å². The van der Waals surface area contributed by atoms with E-state index >= 15 is 0 Å². The minimum absolute atomic E-state index is 0.106. The van der Waals surface area contributed by atoms with Crippen molar-refractivity contribution >= 4 is 17.2 Å². The number of pyridine rings is 1. The van der Waals surface area contributed by atoms with E-state index in [1.807, 2.05) is 5.38 Å². The molecule has 4 nitrogen and oxygen atoms in total. The molecule has 0 unspecified atom stereocenters. The molecule has 2 aromatic heterocycles. The maximum Gasteiger partial charge on any atom is 0.272 e. The monoisotopic (exact) mass is 324 g/mol. The minimum Gasteiger partial charge on any atom is -0.488 e. The second kappa shape index (κ2) is 6.39. The molecular weight excluding hydrogens is 310 g/mol. The molecule has 1 aliphatic carbocycles. The Bertz CT molecular complexity index is 649. The number of alkyl halides is 2. The maximum absolute atomic E-state index is 12.1. The van der Waals surface area contributed by atoms with Gasteiger partial charge in [0.15, 0.2) is 0 Å². The van der Waals surface area contributed by atoms with E-state index in [1.165, 1.54) is 23.9 Å². The number of carbonyl (C=O) groups is 1. The summed E-state index contributed by atoms with van der Waals surface area (Å²) in [7, 11) is 0. The van der Waals surface area contributed by atoms with Crippen molar-refractivity contribution in [2.45, 2.75) is 24.8 Å². The first-order valence-corrected chi connectivity index (χ1v) is 7.77. The lowest BCUT2D eigenvalue weighted by atomic mass is 10.2. The number of thiophene rings is 1. The SMILES string of the molecule is O=C(N[C@@H]1C[C@H]1c1ccsc1)c1cc(OCC(F)F)ccn1. The van der Waals surface area contributed by atoms with Crippen LogP contribution in [0.3, 0.4) is 0 Å². The van der Waals surface area contributed by atoms with Gasteiger partial charge < -0.3 is 10.1 Å². The predicted molar refractivity (Wildman–Crippen MR) is 78.7 cm³/mol. The average Bonchev–Trinajstić information content (AvgIpc) is 3.05. The van der Waals surface area contributed by atoms with Gasteiger partial charge in [0, 0.05) is 24.2 Å². The summed E-state index contributed by atoms with van der Waals surface area (Å²) in [5.41, 5.74) is 1.40. The van der Waals surface area contributed by atoms with Crippen LogP contribution in [-0.2, 0) is 0 Å². The molecule has 0 spiro atoms. The van der Waals surface area contributed by atoms with Gasteiger partial charge in [-0.25, -0.2) is 8.78 Å². The van der Waals surface area contributed by atoms with Gasteiger partial charge in [-0.3, -0.25) is 9.78 Å². The molecule has 0 bridgehead atoms. The van der Waals surface area contributed by atoms with E-state index in [2.05, 4.69) is 21.7 Å². The number of amides is 1. The van der Waals surface area contributed by atoms with Crippen molar-refractivity contribution in [3.8, 4) is 5.75 Å². The zero-order chi connectivity index (χ0) is 15.5. The lowest BCUT2D eigenvalue weighted by molar-refractivity contribution is 0.0817. The van der Waals surface area contributed by atoms with Gasteiger partial charge in [0.1, 0.15) is 18.1 Å². The van der Waals surface area contributed by atoms with E-state index in [-0.39, 0.29) is 23.4 Å². The normalized spacial score (nSPS) is 20.0. The Kier molecular flexibility index (Phi) is 4.33. The molecule has 3 rings (SSSR count).